The fourth-order valence-corrected chi connectivity index (χ4v) is 2.87. The predicted octanol–water partition coefficient (Wildman–Crippen LogP) is 6.04. The molecule has 0 bridgehead atoms. The number of hydrogen-bond acceptors (Lipinski definition) is 4. The SMILES string of the molecule is COc1cc(F)c(F)cc1O.COc1cc(F)c(F)cc1O[Si](C)(C)C(C)(C)C. The number of methoxy groups -OCH3 is 2. The van der Waals surface area contributed by atoms with Crippen molar-refractivity contribution in [3.63, 3.8) is 0 Å². The van der Waals surface area contributed by atoms with E-state index in [1.165, 1.54) is 14.2 Å². The molecule has 0 radical (unpaired) electrons. The monoisotopic (exact) mass is 434 g/mol. The van der Waals surface area contributed by atoms with Gasteiger partial charge in [-0.2, -0.15) is 0 Å². The second-order valence-corrected chi connectivity index (χ2v) is 12.4. The number of phenolic OH excluding ortho intramolecular Hbond substituents is 1. The van der Waals surface area contributed by atoms with Gasteiger partial charge < -0.3 is 19.0 Å². The molecule has 1 N–H and O–H groups in total. The lowest BCUT2D eigenvalue weighted by molar-refractivity contribution is 0.364. The Labute approximate surface area is 169 Å². The van der Waals surface area contributed by atoms with Crippen molar-refractivity contribution in [2.75, 3.05) is 14.2 Å². The zero-order valence-electron chi connectivity index (χ0n) is 17.5. The molecule has 2 rings (SSSR count). The standard InChI is InChI=1S/C13H20F2O2Si.C7H6F2O2/c1-13(2,3)18(5,6)17-12-8-10(15)9(14)7-11(12)16-4;1-11-7-3-5(9)4(8)2-6(7)10/h7-8H,1-6H3;2-3,10H,1H3. The lowest BCUT2D eigenvalue weighted by Gasteiger charge is -2.36. The van der Waals surface area contributed by atoms with Crippen molar-refractivity contribution in [2.45, 2.75) is 38.9 Å². The largest absolute Gasteiger partial charge is 0.541 e. The van der Waals surface area contributed by atoms with Crippen LogP contribution >= 0.6 is 0 Å². The van der Waals surface area contributed by atoms with Crippen LogP contribution in [0.5, 0.6) is 23.0 Å². The molecule has 4 nitrogen and oxygen atoms in total. The minimum atomic E-state index is -2.10. The van der Waals surface area contributed by atoms with Crippen molar-refractivity contribution in [2.24, 2.45) is 0 Å². The molecule has 9 heteroatoms. The van der Waals surface area contributed by atoms with Crippen molar-refractivity contribution in [1.82, 2.24) is 0 Å². The first-order valence-corrected chi connectivity index (χ1v) is 11.6. The van der Waals surface area contributed by atoms with Gasteiger partial charge in [0, 0.05) is 24.3 Å². The summed E-state index contributed by atoms with van der Waals surface area (Å²) in [6.07, 6.45) is 0. The number of phenols is 1. The van der Waals surface area contributed by atoms with E-state index in [0.717, 1.165) is 18.2 Å². The zero-order valence-corrected chi connectivity index (χ0v) is 18.5. The van der Waals surface area contributed by atoms with Crippen LogP contribution in [0.15, 0.2) is 24.3 Å². The lowest BCUT2D eigenvalue weighted by atomic mass is 10.2. The van der Waals surface area contributed by atoms with E-state index in [1.807, 2.05) is 13.1 Å². The topological polar surface area (TPSA) is 47.9 Å². The van der Waals surface area contributed by atoms with Crippen LogP contribution in [0.4, 0.5) is 17.6 Å². The molecule has 2 aromatic rings. The molecular weight excluding hydrogens is 408 g/mol. The van der Waals surface area contributed by atoms with E-state index in [9.17, 15) is 17.6 Å². The van der Waals surface area contributed by atoms with Crippen LogP contribution in [0.3, 0.4) is 0 Å². The maximum Gasteiger partial charge on any atom is 0.250 e. The normalized spacial score (nSPS) is 11.4. The molecule has 0 aliphatic carbocycles. The van der Waals surface area contributed by atoms with Crippen molar-refractivity contribution >= 4 is 8.32 Å². The molecule has 0 amide bonds. The Bertz CT molecular complexity index is 851. The Morgan fingerprint density at radius 1 is 0.724 bits per heavy atom. The highest BCUT2D eigenvalue weighted by Gasteiger charge is 2.39. The van der Waals surface area contributed by atoms with Crippen molar-refractivity contribution in [3.8, 4) is 23.0 Å². The van der Waals surface area contributed by atoms with Gasteiger partial charge in [-0.05, 0) is 18.1 Å². The predicted molar refractivity (Wildman–Crippen MR) is 105 cm³/mol. The van der Waals surface area contributed by atoms with Gasteiger partial charge >= 0.3 is 0 Å². The highest BCUT2D eigenvalue weighted by Crippen LogP contribution is 2.40. The maximum atomic E-state index is 13.3. The summed E-state index contributed by atoms with van der Waals surface area (Å²) in [7, 11) is 0.561. The third-order valence-electron chi connectivity index (χ3n) is 4.60. The summed E-state index contributed by atoms with van der Waals surface area (Å²) in [6, 6.07) is 3.51. The smallest absolute Gasteiger partial charge is 0.250 e. The number of halogens is 4. The van der Waals surface area contributed by atoms with Crippen LogP contribution in [0.2, 0.25) is 18.1 Å². The quantitative estimate of drug-likeness (QED) is 0.471. The van der Waals surface area contributed by atoms with Crippen molar-refractivity contribution < 1.29 is 36.6 Å². The second kappa shape index (κ2) is 9.38. The molecule has 0 aliphatic heterocycles. The van der Waals surface area contributed by atoms with Crippen LogP contribution in [-0.2, 0) is 0 Å². The van der Waals surface area contributed by atoms with Gasteiger partial charge in [-0.3, -0.25) is 0 Å². The number of hydrogen-bond donors (Lipinski definition) is 1. The van der Waals surface area contributed by atoms with E-state index < -0.39 is 37.3 Å². The number of rotatable bonds is 4. The molecule has 29 heavy (non-hydrogen) atoms. The van der Waals surface area contributed by atoms with Gasteiger partial charge in [0.05, 0.1) is 14.2 Å². The van der Waals surface area contributed by atoms with Gasteiger partial charge in [0.2, 0.25) is 0 Å². The summed E-state index contributed by atoms with van der Waals surface area (Å²) < 4.78 is 66.6. The van der Waals surface area contributed by atoms with Crippen LogP contribution < -0.4 is 13.9 Å². The number of benzene rings is 2. The number of ether oxygens (including phenoxy) is 2. The highest BCUT2D eigenvalue weighted by molar-refractivity contribution is 6.74. The Morgan fingerprint density at radius 2 is 1.10 bits per heavy atom. The Balaban J connectivity index is 0.000000326. The molecule has 0 saturated carbocycles. The van der Waals surface area contributed by atoms with Gasteiger partial charge in [-0.25, -0.2) is 17.6 Å². The van der Waals surface area contributed by atoms with Crippen LogP contribution in [-0.4, -0.2) is 27.6 Å². The van der Waals surface area contributed by atoms with Gasteiger partial charge in [-0.1, -0.05) is 20.8 Å². The van der Waals surface area contributed by atoms with E-state index in [2.05, 4.69) is 25.5 Å². The third-order valence-corrected chi connectivity index (χ3v) is 8.94. The summed E-state index contributed by atoms with van der Waals surface area (Å²) >= 11 is 0. The summed E-state index contributed by atoms with van der Waals surface area (Å²) in [6.45, 7) is 10.3. The summed E-state index contributed by atoms with van der Waals surface area (Å²) in [4.78, 5) is 0. The minimum absolute atomic E-state index is 0.0249. The van der Waals surface area contributed by atoms with Crippen molar-refractivity contribution in [3.05, 3.63) is 47.5 Å². The molecule has 0 atom stereocenters. The fraction of sp³-hybridized carbons (Fsp3) is 0.400. The third kappa shape index (κ3) is 6.28. The fourth-order valence-electron chi connectivity index (χ4n) is 1.86. The molecule has 162 valence electrons. The van der Waals surface area contributed by atoms with Crippen molar-refractivity contribution in [1.29, 1.82) is 0 Å². The molecule has 0 aromatic heterocycles. The molecule has 2 aromatic carbocycles. The van der Waals surface area contributed by atoms with Gasteiger partial charge in [0.1, 0.15) is 5.75 Å². The summed E-state index contributed by atoms with van der Waals surface area (Å²) in [5, 5.41) is 8.86. The minimum Gasteiger partial charge on any atom is -0.541 e. The second-order valence-electron chi connectivity index (χ2n) is 7.72. The van der Waals surface area contributed by atoms with Gasteiger partial charge in [-0.15, -0.1) is 0 Å². The van der Waals surface area contributed by atoms with Gasteiger partial charge in [0.15, 0.2) is 40.5 Å². The van der Waals surface area contributed by atoms with E-state index in [0.29, 0.717) is 6.07 Å². The molecular formula is C20H26F4O4Si. The first-order chi connectivity index (χ1) is 13.2. The molecule has 0 heterocycles. The zero-order chi connectivity index (χ0) is 22.6. The summed E-state index contributed by atoms with van der Waals surface area (Å²) in [5.74, 6) is -4.00. The molecule has 0 aliphatic rings. The number of aromatic hydroxyl groups is 1. The Morgan fingerprint density at radius 3 is 1.52 bits per heavy atom. The Kier molecular flexibility index (Phi) is 7.96. The molecule has 0 unspecified atom stereocenters. The van der Waals surface area contributed by atoms with Crippen LogP contribution in [0.1, 0.15) is 20.8 Å². The first-order valence-electron chi connectivity index (χ1n) is 8.67. The van der Waals surface area contributed by atoms with E-state index >= 15 is 0 Å². The Hall–Kier alpha value is -2.42. The van der Waals surface area contributed by atoms with Crippen LogP contribution in [0.25, 0.3) is 0 Å². The molecule has 0 saturated heterocycles. The lowest BCUT2D eigenvalue weighted by Crippen LogP contribution is -2.44. The first kappa shape index (κ1) is 24.6. The highest BCUT2D eigenvalue weighted by atomic mass is 28.4. The molecule has 0 fully saturated rings. The molecule has 0 spiro atoms. The average Bonchev–Trinajstić information content (AvgIpc) is 2.60. The van der Waals surface area contributed by atoms with Gasteiger partial charge in [0.25, 0.3) is 8.32 Å². The summed E-state index contributed by atoms with van der Waals surface area (Å²) in [5.41, 5.74) is 0. The van der Waals surface area contributed by atoms with Crippen LogP contribution in [0, 0.1) is 23.3 Å². The maximum absolute atomic E-state index is 13.3. The average molecular weight is 435 g/mol. The van der Waals surface area contributed by atoms with E-state index in [1.54, 1.807) is 0 Å². The van der Waals surface area contributed by atoms with E-state index in [4.69, 9.17) is 14.3 Å². The van der Waals surface area contributed by atoms with E-state index in [-0.39, 0.29) is 22.3 Å².